The number of aliphatic imine (C=N–C) groups is 1. The number of ether oxygens (including phenoxy) is 4. The van der Waals surface area contributed by atoms with Crippen molar-refractivity contribution in [3.8, 4) is 0 Å². The molecule has 0 saturated heterocycles. The van der Waals surface area contributed by atoms with E-state index in [0.29, 0.717) is 13.2 Å². The minimum atomic E-state index is -0.463. The topological polar surface area (TPSA) is 78.4 Å². The average Bonchev–Trinajstić information content (AvgIpc) is 2.69. The molecule has 0 spiro atoms. The van der Waals surface area contributed by atoms with Gasteiger partial charge in [0.05, 0.1) is 18.8 Å². The highest BCUT2D eigenvalue weighted by atomic mass is 16.6. The number of methoxy groups -OCH3 is 1. The van der Waals surface area contributed by atoms with Crippen LogP contribution in [0.1, 0.15) is 46.5 Å². The minimum absolute atomic E-state index is 0.0119. The molecule has 1 rings (SSSR count). The first kappa shape index (κ1) is 24.3. The Morgan fingerprint density at radius 2 is 2.00 bits per heavy atom. The largest absolute Gasteiger partial charge is 0.458 e. The molecule has 1 aliphatic rings. The van der Waals surface area contributed by atoms with Gasteiger partial charge in [-0.15, -0.1) is 0 Å². The van der Waals surface area contributed by atoms with Crippen molar-refractivity contribution in [3.63, 3.8) is 0 Å². The van der Waals surface area contributed by atoms with E-state index in [0.717, 1.165) is 50.1 Å². The lowest BCUT2D eigenvalue weighted by Gasteiger charge is -2.19. The van der Waals surface area contributed by atoms with Gasteiger partial charge in [-0.3, -0.25) is 4.99 Å². The molecule has 0 aromatic rings. The van der Waals surface area contributed by atoms with Crippen LogP contribution in [-0.2, 0) is 23.7 Å². The van der Waals surface area contributed by atoms with Gasteiger partial charge in [0.1, 0.15) is 6.61 Å². The van der Waals surface area contributed by atoms with Crippen LogP contribution in [0.25, 0.3) is 0 Å². The Hall–Kier alpha value is -1.70. The summed E-state index contributed by atoms with van der Waals surface area (Å²) < 4.78 is 21.5. The number of nitrogens with zero attached hydrogens (tertiary/aromatic N) is 1. The average molecular weight is 397 g/mol. The van der Waals surface area contributed by atoms with Crippen molar-refractivity contribution in [2.45, 2.75) is 58.7 Å². The number of allylic oxidation sites excluding steroid dienone is 3. The number of rotatable bonds is 14. The van der Waals surface area contributed by atoms with Crippen molar-refractivity contribution < 1.29 is 23.7 Å². The zero-order valence-corrected chi connectivity index (χ0v) is 17.8. The van der Waals surface area contributed by atoms with Gasteiger partial charge in [-0.05, 0) is 64.8 Å². The number of nitrogens with one attached hydrogen (secondary N) is 1. The molecule has 0 fully saturated rings. The molecule has 7 heteroatoms. The molecule has 1 N–H and O–H groups in total. The van der Waals surface area contributed by atoms with Gasteiger partial charge in [0.2, 0.25) is 0 Å². The van der Waals surface area contributed by atoms with Gasteiger partial charge in [-0.25, -0.2) is 4.79 Å². The van der Waals surface area contributed by atoms with Crippen molar-refractivity contribution >= 4 is 12.7 Å². The normalized spacial score (nSPS) is 18.1. The third-order valence-corrected chi connectivity index (χ3v) is 4.29. The number of hydrogen-bond donors (Lipinski definition) is 1. The SMILES string of the molecule is C=N/C(C(=O)OCC(C)OCC(C)OCC)=C1/C=C(NCCCOC)CCC1. The summed E-state index contributed by atoms with van der Waals surface area (Å²) in [4.78, 5) is 16.4. The molecule has 0 radical (unpaired) electrons. The monoisotopic (exact) mass is 396 g/mol. The summed E-state index contributed by atoms with van der Waals surface area (Å²) >= 11 is 0. The summed E-state index contributed by atoms with van der Waals surface area (Å²) in [5, 5.41) is 3.39. The van der Waals surface area contributed by atoms with Crippen molar-refractivity contribution in [3.05, 3.63) is 23.0 Å². The van der Waals surface area contributed by atoms with Crippen LogP contribution in [0.3, 0.4) is 0 Å². The Balaban J connectivity index is 2.56. The van der Waals surface area contributed by atoms with E-state index in [1.807, 2.05) is 26.8 Å². The third kappa shape index (κ3) is 9.48. The summed E-state index contributed by atoms with van der Waals surface area (Å²) in [7, 11) is 1.69. The van der Waals surface area contributed by atoms with E-state index in [1.54, 1.807) is 7.11 Å². The standard InChI is InChI=1S/C21H36N2O5/c1-6-26-16(2)14-27-17(3)15-28-21(24)20(22-4)18-9-7-10-19(13-18)23-11-8-12-25-5/h13,16-17,23H,4,6-12,14-15H2,1-3,5H3/b20-18+. The first-order chi connectivity index (χ1) is 13.5. The molecule has 0 aromatic carbocycles. The van der Waals surface area contributed by atoms with Crippen LogP contribution in [0.4, 0.5) is 0 Å². The smallest absolute Gasteiger partial charge is 0.357 e. The summed E-state index contributed by atoms with van der Waals surface area (Å²) in [6, 6.07) is 0. The van der Waals surface area contributed by atoms with Crippen LogP contribution in [0.5, 0.6) is 0 Å². The number of hydrogen-bond acceptors (Lipinski definition) is 7. The predicted molar refractivity (Wildman–Crippen MR) is 110 cm³/mol. The second-order valence-corrected chi connectivity index (χ2v) is 6.84. The zero-order valence-electron chi connectivity index (χ0n) is 17.8. The summed E-state index contributed by atoms with van der Waals surface area (Å²) in [6.07, 6.45) is 5.41. The van der Waals surface area contributed by atoms with Crippen molar-refractivity contribution in [2.24, 2.45) is 4.99 Å². The van der Waals surface area contributed by atoms with Crippen LogP contribution in [-0.4, -0.2) is 65.0 Å². The van der Waals surface area contributed by atoms with Crippen LogP contribution in [0.15, 0.2) is 28.0 Å². The van der Waals surface area contributed by atoms with E-state index in [2.05, 4.69) is 17.0 Å². The fraction of sp³-hybridized carbons (Fsp3) is 0.714. The Bertz CT molecular complexity index is 545. The molecule has 160 valence electrons. The van der Waals surface area contributed by atoms with Gasteiger partial charge in [-0.2, -0.15) is 0 Å². The fourth-order valence-electron chi connectivity index (χ4n) is 2.85. The predicted octanol–water partition coefficient (Wildman–Crippen LogP) is 3.01. The molecule has 2 unspecified atom stereocenters. The Labute approximate surface area is 169 Å². The maximum atomic E-state index is 12.5. The molecule has 2 atom stereocenters. The summed E-state index contributed by atoms with van der Waals surface area (Å²) in [5.41, 5.74) is 2.25. The number of carbonyl (C=O) groups excluding carboxylic acids is 1. The second-order valence-electron chi connectivity index (χ2n) is 6.84. The van der Waals surface area contributed by atoms with Gasteiger partial charge < -0.3 is 24.3 Å². The Morgan fingerprint density at radius 1 is 1.25 bits per heavy atom. The first-order valence-corrected chi connectivity index (χ1v) is 10.0. The lowest BCUT2D eigenvalue weighted by atomic mass is 9.97. The molecule has 0 aromatic heterocycles. The second kappa shape index (κ2) is 14.3. The van der Waals surface area contributed by atoms with Crippen molar-refractivity contribution in [1.82, 2.24) is 5.32 Å². The minimum Gasteiger partial charge on any atom is -0.458 e. The maximum absolute atomic E-state index is 12.5. The highest BCUT2D eigenvalue weighted by molar-refractivity contribution is 5.90. The lowest BCUT2D eigenvalue weighted by molar-refractivity contribution is -0.143. The van der Waals surface area contributed by atoms with E-state index in [4.69, 9.17) is 18.9 Å². The number of carbonyl (C=O) groups is 1. The first-order valence-electron chi connectivity index (χ1n) is 10.0. The fourth-order valence-corrected chi connectivity index (χ4v) is 2.85. The molecule has 7 nitrogen and oxygen atoms in total. The van der Waals surface area contributed by atoms with E-state index in [-0.39, 0.29) is 24.5 Å². The van der Waals surface area contributed by atoms with E-state index in [9.17, 15) is 4.79 Å². The molecular weight excluding hydrogens is 360 g/mol. The van der Waals surface area contributed by atoms with Crippen LogP contribution < -0.4 is 5.32 Å². The summed E-state index contributed by atoms with van der Waals surface area (Å²) in [6.45, 7) is 12.1. The molecule has 0 heterocycles. The van der Waals surface area contributed by atoms with Crippen LogP contribution >= 0.6 is 0 Å². The Morgan fingerprint density at radius 3 is 2.68 bits per heavy atom. The van der Waals surface area contributed by atoms with Crippen molar-refractivity contribution in [1.29, 1.82) is 0 Å². The third-order valence-electron chi connectivity index (χ3n) is 4.29. The van der Waals surface area contributed by atoms with Gasteiger partial charge in [0, 0.05) is 32.6 Å². The highest BCUT2D eigenvalue weighted by Crippen LogP contribution is 2.24. The van der Waals surface area contributed by atoms with Gasteiger partial charge in [0.15, 0.2) is 5.70 Å². The molecule has 28 heavy (non-hydrogen) atoms. The van der Waals surface area contributed by atoms with Gasteiger partial charge in [-0.1, -0.05) is 0 Å². The van der Waals surface area contributed by atoms with Gasteiger partial charge in [0.25, 0.3) is 0 Å². The molecule has 1 aliphatic carbocycles. The Kier molecular flexibility index (Phi) is 12.4. The molecule has 0 saturated carbocycles. The van der Waals surface area contributed by atoms with Crippen molar-refractivity contribution in [2.75, 3.05) is 40.1 Å². The number of esters is 1. The highest BCUT2D eigenvalue weighted by Gasteiger charge is 2.19. The maximum Gasteiger partial charge on any atom is 0.357 e. The molecule has 0 aliphatic heterocycles. The van der Waals surface area contributed by atoms with Crippen LogP contribution in [0, 0.1) is 0 Å². The van der Waals surface area contributed by atoms with E-state index in [1.165, 1.54) is 0 Å². The summed E-state index contributed by atoms with van der Waals surface area (Å²) in [5.74, 6) is -0.463. The van der Waals surface area contributed by atoms with E-state index >= 15 is 0 Å². The zero-order chi connectivity index (χ0) is 20.8. The van der Waals surface area contributed by atoms with Crippen LogP contribution in [0.2, 0.25) is 0 Å². The molecule has 0 amide bonds. The lowest BCUT2D eigenvalue weighted by Crippen LogP contribution is -2.25. The molecule has 0 bridgehead atoms. The molecular formula is C21H36N2O5. The quantitative estimate of drug-likeness (QED) is 0.210. The van der Waals surface area contributed by atoms with E-state index < -0.39 is 5.97 Å². The van der Waals surface area contributed by atoms with Gasteiger partial charge >= 0.3 is 5.97 Å².